The SMILES string of the molecule is Cc1ccc(OC(F)(F)c2c(F)cc(-c3ccc(-c4ccc(CO)cc4)cc3F)cc2F)cc1. The number of hydrogen-bond acceptors (Lipinski definition) is 2. The van der Waals surface area contributed by atoms with Crippen LogP contribution >= 0.6 is 0 Å². The normalized spacial score (nSPS) is 11.5. The lowest BCUT2D eigenvalue weighted by Crippen LogP contribution is -2.25. The third-order valence-electron chi connectivity index (χ3n) is 5.35. The molecule has 0 unspecified atom stereocenters. The molecule has 0 bridgehead atoms. The Morgan fingerprint density at radius 1 is 0.706 bits per heavy atom. The molecule has 174 valence electrons. The van der Waals surface area contributed by atoms with Crippen molar-refractivity contribution in [2.75, 3.05) is 0 Å². The summed E-state index contributed by atoms with van der Waals surface area (Å²) in [6.45, 7) is 1.62. The van der Waals surface area contributed by atoms with E-state index in [0.717, 1.165) is 5.56 Å². The van der Waals surface area contributed by atoms with E-state index in [0.29, 0.717) is 28.8 Å². The van der Waals surface area contributed by atoms with E-state index >= 15 is 0 Å². The molecule has 1 N–H and O–H groups in total. The second-order valence-corrected chi connectivity index (χ2v) is 7.80. The van der Waals surface area contributed by atoms with Gasteiger partial charge in [0.1, 0.15) is 28.8 Å². The number of aliphatic hydroxyl groups excluding tert-OH is 1. The fourth-order valence-corrected chi connectivity index (χ4v) is 3.54. The molecule has 34 heavy (non-hydrogen) atoms. The highest BCUT2D eigenvalue weighted by atomic mass is 19.3. The Hall–Kier alpha value is -3.71. The van der Waals surface area contributed by atoms with Crippen molar-refractivity contribution in [3.63, 3.8) is 0 Å². The summed E-state index contributed by atoms with van der Waals surface area (Å²) in [5.41, 5.74) is 0.720. The Labute approximate surface area is 192 Å². The van der Waals surface area contributed by atoms with Crippen LogP contribution in [-0.4, -0.2) is 5.11 Å². The van der Waals surface area contributed by atoms with Gasteiger partial charge in [-0.1, -0.05) is 54.1 Å². The first-order valence-corrected chi connectivity index (χ1v) is 10.3. The highest BCUT2D eigenvalue weighted by Crippen LogP contribution is 2.38. The van der Waals surface area contributed by atoms with E-state index in [1.807, 2.05) is 0 Å². The molecule has 0 saturated heterocycles. The molecule has 0 radical (unpaired) electrons. The smallest absolute Gasteiger partial charge is 0.429 e. The lowest BCUT2D eigenvalue weighted by molar-refractivity contribution is -0.189. The molecule has 4 aromatic carbocycles. The third kappa shape index (κ3) is 4.79. The van der Waals surface area contributed by atoms with Crippen LogP contribution in [0, 0.1) is 24.4 Å². The number of rotatable bonds is 6. The monoisotopic (exact) mass is 470 g/mol. The standard InChI is InChI=1S/C27H19F5O2/c1-16-2-9-21(10-3-16)34-27(31,32)26-24(29)13-20(14-25(26)30)22-11-8-19(12-23(22)28)18-6-4-17(15-33)5-7-18/h2-14,33H,15H2,1H3. The summed E-state index contributed by atoms with van der Waals surface area (Å²) in [7, 11) is 0. The highest BCUT2D eigenvalue weighted by Gasteiger charge is 2.41. The molecule has 0 aliphatic heterocycles. The van der Waals surface area contributed by atoms with Crippen molar-refractivity contribution in [1.29, 1.82) is 0 Å². The Balaban J connectivity index is 1.65. The van der Waals surface area contributed by atoms with Crippen molar-refractivity contribution >= 4 is 0 Å². The van der Waals surface area contributed by atoms with Gasteiger partial charge in [-0.15, -0.1) is 0 Å². The van der Waals surface area contributed by atoms with Gasteiger partial charge < -0.3 is 9.84 Å². The Bertz CT molecular complexity index is 1290. The Morgan fingerprint density at radius 2 is 1.26 bits per heavy atom. The number of alkyl halides is 2. The number of benzene rings is 4. The molecule has 0 aliphatic carbocycles. The highest BCUT2D eigenvalue weighted by molar-refractivity contribution is 5.71. The molecule has 0 amide bonds. The van der Waals surface area contributed by atoms with E-state index in [4.69, 9.17) is 5.11 Å². The number of halogens is 5. The van der Waals surface area contributed by atoms with Crippen LogP contribution in [-0.2, 0) is 12.7 Å². The fourth-order valence-electron chi connectivity index (χ4n) is 3.54. The average Bonchev–Trinajstić information content (AvgIpc) is 2.79. The summed E-state index contributed by atoms with van der Waals surface area (Å²) < 4.78 is 77.9. The third-order valence-corrected chi connectivity index (χ3v) is 5.35. The summed E-state index contributed by atoms with van der Waals surface area (Å²) in [6.07, 6.45) is -4.29. The van der Waals surface area contributed by atoms with Crippen LogP contribution in [0.5, 0.6) is 5.75 Å². The quantitative estimate of drug-likeness (QED) is 0.298. The van der Waals surface area contributed by atoms with Crippen molar-refractivity contribution in [2.24, 2.45) is 0 Å². The second-order valence-electron chi connectivity index (χ2n) is 7.80. The van der Waals surface area contributed by atoms with Crippen molar-refractivity contribution in [2.45, 2.75) is 19.6 Å². The van der Waals surface area contributed by atoms with Crippen LogP contribution in [0.3, 0.4) is 0 Å². The first-order valence-electron chi connectivity index (χ1n) is 10.3. The molecule has 7 heteroatoms. The van der Waals surface area contributed by atoms with Gasteiger partial charge in [0, 0.05) is 5.56 Å². The van der Waals surface area contributed by atoms with Gasteiger partial charge in [-0.25, -0.2) is 13.2 Å². The zero-order valence-electron chi connectivity index (χ0n) is 18.0. The number of aryl methyl sites for hydroxylation is 1. The number of aliphatic hydroxyl groups is 1. The largest absolute Gasteiger partial charge is 0.432 e. The summed E-state index contributed by atoms with van der Waals surface area (Å²) in [4.78, 5) is 0. The van der Waals surface area contributed by atoms with Crippen LogP contribution in [0.15, 0.2) is 78.9 Å². The van der Waals surface area contributed by atoms with Crippen LogP contribution < -0.4 is 4.74 Å². The predicted molar refractivity (Wildman–Crippen MR) is 119 cm³/mol. The molecule has 2 nitrogen and oxygen atoms in total. The molecule has 0 aromatic heterocycles. The lowest BCUT2D eigenvalue weighted by Gasteiger charge is -2.20. The molecule has 0 heterocycles. The van der Waals surface area contributed by atoms with Gasteiger partial charge in [-0.2, -0.15) is 8.78 Å². The van der Waals surface area contributed by atoms with E-state index in [9.17, 15) is 22.0 Å². The minimum Gasteiger partial charge on any atom is -0.429 e. The molecule has 0 fully saturated rings. The van der Waals surface area contributed by atoms with E-state index in [1.165, 1.54) is 36.4 Å². The van der Waals surface area contributed by atoms with E-state index in [2.05, 4.69) is 4.74 Å². The Morgan fingerprint density at radius 3 is 1.82 bits per heavy atom. The second kappa shape index (κ2) is 9.27. The summed E-state index contributed by atoms with van der Waals surface area (Å²) in [5, 5.41) is 9.13. The fraction of sp³-hybridized carbons (Fsp3) is 0.111. The molecule has 0 spiro atoms. The van der Waals surface area contributed by atoms with E-state index in [-0.39, 0.29) is 23.5 Å². The first kappa shape index (κ1) is 23.4. The topological polar surface area (TPSA) is 29.5 Å². The summed E-state index contributed by atoms with van der Waals surface area (Å²) >= 11 is 0. The van der Waals surface area contributed by atoms with Crippen LogP contribution in [0.25, 0.3) is 22.3 Å². The van der Waals surface area contributed by atoms with E-state index in [1.54, 1.807) is 37.3 Å². The van der Waals surface area contributed by atoms with Gasteiger partial charge in [-0.05, 0) is 59.5 Å². The van der Waals surface area contributed by atoms with Gasteiger partial charge in [0.2, 0.25) is 0 Å². The zero-order chi connectivity index (χ0) is 24.5. The van der Waals surface area contributed by atoms with E-state index < -0.39 is 29.1 Å². The average molecular weight is 470 g/mol. The molecular formula is C27H19F5O2. The van der Waals surface area contributed by atoms with Gasteiger partial charge >= 0.3 is 6.11 Å². The van der Waals surface area contributed by atoms with Crippen LogP contribution in [0.4, 0.5) is 22.0 Å². The summed E-state index contributed by atoms with van der Waals surface area (Å²) in [5.74, 6) is -4.16. The number of hydrogen-bond donors (Lipinski definition) is 1. The van der Waals surface area contributed by atoms with Crippen molar-refractivity contribution in [1.82, 2.24) is 0 Å². The van der Waals surface area contributed by atoms with Gasteiger partial charge in [0.25, 0.3) is 0 Å². The summed E-state index contributed by atoms with van der Waals surface area (Å²) in [6, 6.07) is 17.7. The Kier molecular flexibility index (Phi) is 6.39. The number of ether oxygens (including phenoxy) is 1. The van der Waals surface area contributed by atoms with Gasteiger partial charge in [-0.3, -0.25) is 0 Å². The molecule has 0 atom stereocenters. The predicted octanol–water partition coefficient (Wildman–Crippen LogP) is 7.37. The van der Waals surface area contributed by atoms with Crippen molar-refractivity contribution < 1.29 is 31.8 Å². The maximum atomic E-state index is 14.8. The molecule has 0 aliphatic rings. The maximum absolute atomic E-state index is 14.8. The molecular weight excluding hydrogens is 451 g/mol. The first-order chi connectivity index (χ1) is 16.2. The van der Waals surface area contributed by atoms with Gasteiger partial charge in [0.15, 0.2) is 0 Å². The lowest BCUT2D eigenvalue weighted by atomic mass is 9.97. The van der Waals surface area contributed by atoms with Crippen molar-refractivity contribution in [3.8, 4) is 28.0 Å². The maximum Gasteiger partial charge on any atom is 0.432 e. The molecule has 0 saturated carbocycles. The van der Waals surface area contributed by atoms with Crippen LogP contribution in [0.2, 0.25) is 0 Å². The minimum atomic E-state index is -4.29. The van der Waals surface area contributed by atoms with Crippen molar-refractivity contribution in [3.05, 3.63) is 113 Å². The zero-order valence-corrected chi connectivity index (χ0v) is 18.0. The molecule has 4 aromatic rings. The minimum absolute atomic E-state index is 0.129. The van der Waals surface area contributed by atoms with Crippen LogP contribution in [0.1, 0.15) is 16.7 Å². The van der Waals surface area contributed by atoms with Gasteiger partial charge in [0.05, 0.1) is 6.61 Å². The molecule has 4 rings (SSSR count).